The van der Waals surface area contributed by atoms with E-state index < -0.39 is 5.60 Å². The average molecular weight is 301 g/mol. The Morgan fingerprint density at radius 3 is 2.64 bits per heavy atom. The number of amides is 1. The van der Waals surface area contributed by atoms with Gasteiger partial charge in [-0.25, -0.2) is 0 Å². The Morgan fingerprint density at radius 2 is 2.05 bits per heavy atom. The van der Waals surface area contributed by atoms with E-state index in [1.165, 1.54) is 0 Å². The molecule has 2 atom stereocenters. The van der Waals surface area contributed by atoms with Crippen LogP contribution in [0.15, 0.2) is 40.8 Å². The summed E-state index contributed by atoms with van der Waals surface area (Å²) in [6.07, 6.45) is 0. The van der Waals surface area contributed by atoms with E-state index in [0.29, 0.717) is 5.76 Å². The summed E-state index contributed by atoms with van der Waals surface area (Å²) < 4.78 is 5.44. The first-order valence-electron chi connectivity index (χ1n) is 7.43. The van der Waals surface area contributed by atoms with Crippen molar-refractivity contribution in [3.8, 4) is 0 Å². The van der Waals surface area contributed by atoms with E-state index in [1.807, 2.05) is 45.0 Å². The lowest BCUT2D eigenvalue weighted by Gasteiger charge is -2.22. The lowest BCUT2D eigenvalue weighted by Crippen LogP contribution is -2.40. The molecular formula is C18H23NO3. The van der Waals surface area contributed by atoms with Gasteiger partial charge in [0.1, 0.15) is 17.1 Å². The summed E-state index contributed by atoms with van der Waals surface area (Å²) in [4.78, 5) is 12.3. The molecular weight excluding hydrogens is 278 g/mol. The molecule has 0 bridgehead atoms. The molecule has 0 aliphatic carbocycles. The van der Waals surface area contributed by atoms with Gasteiger partial charge < -0.3 is 14.8 Å². The summed E-state index contributed by atoms with van der Waals surface area (Å²) in [5.41, 5.74) is 0.858. The third kappa shape index (κ3) is 3.77. The van der Waals surface area contributed by atoms with Crippen LogP contribution in [0.2, 0.25) is 0 Å². The number of rotatable bonds is 5. The van der Waals surface area contributed by atoms with Crippen molar-refractivity contribution in [1.82, 2.24) is 5.32 Å². The summed E-state index contributed by atoms with van der Waals surface area (Å²) in [5.74, 6) is 0.798. The summed E-state index contributed by atoms with van der Waals surface area (Å²) >= 11 is 0. The molecule has 2 unspecified atom stereocenters. The van der Waals surface area contributed by atoms with Crippen molar-refractivity contribution in [3.63, 3.8) is 0 Å². The molecule has 0 fully saturated rings. The fourth-order valence-corrected chi connectivity index (χ4v) is 2.31. The standard InChI is InChI=1S/C18H23NO3/c1-12-6-5-7-15(10-12)14(3)17(20)19-11-18(4,21)16-9-8-13(2)22-16/h5-10,14,21H,11H2,1-4H3,(H,19,20). The highest BCUT2D eigenvalue weighted by molar-refractivity contribution is 5.83. The SMILES string of the molecule is Cc1cccc(C(C)C(=O)NCC(C)(O)c2ccc(C)o2)c1. The summed E-state index contributed by atoms with van der Waals surface area (Å²) in [6, 6.07) is 11.4. The van der Waals surface area contributed by atoms with Crippen LogP contribution in [0.3, 0.4) is 0 Å². The first kappa shape index (κ1) is 16.3. The van der Waals surface area contributed by atoms with E-state index in [0.717, 1.165) is 16.9 Å². The molecule has 0 aliphatic heterocycles. The van der Waals surface area contributed by atoms with E-state index in [2.05, 4.69) is 5.32 Å². The monoisotopic (exact) mass is 301 g/mol. The average Bonchev–Trinajstić information content (AvgIpc) is 2.91. The third-order valence-corrected chi connectivity index (χ3v) is 3.81. The van der Waals surface area contributed by atoms with Crippen LogP contribution in [0.4, 0.5) is 0 Å². The maximum Gasteiger partial charge on any atom is 0.227 e. The van der Waals surface area contributed by atoms with Crippen LogP contribution in [-0.2, 0) is 10.4 Å². The molecule has 0 saturated carbocycles. The first-order valence-corrected chi connectivity index (χ1v) is 7.43. The molecule has 4 nitrogen and oxygen atoms in total. The van der Waals surface area contributed by atoms with Crippen molar-refractivity contribution in [2.75, 3.05) is 6.54 Å². The maximum absolute atomic E-state index is 12.3. The Balaban J connectivity index is 2.00. The van der Waals surface area contributed by atoms with Crippen LogP contribution in [-0.4, -0.2) is 17.6 Å². The largest absolute Gasteiger partial charge is 0.463 e. The molecule has 118 valence electrons. The molecule has 1 amide bonds. The molecule has 1 heterocycles. The highest BCUT2D eigenvalue weighted by atomic mass is 16.4. The number of hydrogen-bond donors (Lipinski definition) is 2. The highest BCUT2D eigenvalue weighted by Crippen LogP contribution is 2.23. The second-order valence-corrected chi connectivity index (χ2v) is 6.04. The Labute approximate surface area is 131 Å². The minimum absolute atomic E-state index is 0.106. The zero-order valence-electron chi connectivity index (χ0n) is 13.5. The van der Waals surface area contributed by atoms with Crippen LogP contribution in [0.5, 0.6) is 0 Å². The Bertz CT molecular complexity index is 658. The summed E-state index contributed by atoms with van der Waals surface area (Å²) in [5, 5.41) is 13.2. The normalized spacial score (nSPS) is 15.1. The smallest absolute Gasteiger partial charge is 0.227 e. The topological polar surface area (TPSA) is 62.5 Å². The van der Waals surface area contributed by atoms with Crippen molar-refractivity contribution < 1.29 is 14.3 Å². The van der Waals surface area contributed by atoms with E-state index in [9.17, 15) is 9.90 Å². The molecule has 0 spiro atoms. The quantitative estimate of drug-likeness (QED) is 0.892. The van der Waals surface area contributed by atoms with Gasteiger partial charge in [-0.1, -0.05) is 29.8 Å². The predicted molar refractivity (Wildman–Crippen MR) is 85.6 cm³/mol. The lowest BCUT2D eigenvalue weighted by molar-refractivity contribution is -0.123. The summed E-state index contributed by atoms with van der Waals surface area (Å²) in [6.45, 7) is 7.41. The zero-order valence-corrected chi connectivity index (χ0v) is 13.5. The number of aryl methyl sites for hydroxylation is 2. The lowest BCUT2D eigenvalue weighted by atomic mass is 9.97. The van der Waals surface area contributed by atoms with Crippen LogP contribution < -0.4 is 5.32 Å². The Hall–Kier alpha value is -2.07. The van der Waals surface area contributed by atoms with Gasteiger partial charge in [0.15, 0.2) is 0 Å². The van der Waals surface area contributed by atoms with Crippen molar-refractivity contribution in [2.24, 2.45) is 0 Å². The molecule has 2 aromatic rings. The number of carbonyl (C=O) groups excluding carboxylic acids is 1. The minimum atomic E-state index is -1.23. The van der Waals surface area contributed by atoms with Crippen molar-refractivity contribution >= 4 is 5.91 Å². The fraction of sp³-hybridized carbons (Fsp3) is 0.389. The summed E-state index contributed by atoms with van der Waals surface area (Å²) in [7, 11) is 0. The maximum atomic E-state index is 12.3. The van der Waals surface area contributed by atoms with Crippen molar-refractivity contribution in [2.45, 2.75) is 39.2 Å². The number of aliphatic hydroxyl groups is 1. The molecule has 2 N–H and O–H groups in total. The number of carbonyl (C=O) groups is 1. The van der Waals surface area contributed by atoms with Crippen molar-refractivity contribution in [3.05, 3.63) is 59.0 Å². The van der Waals surface area contributed by atoms with Gasteiger partial charge in [-0.05, 0) is 45.4 Å². The Morgan fingerprint density at radius 1 is 1.32 bits per heavy atom. The number of furan rings is 1. The van der Waals surface area contributed by atoms with Gasteiger partial charge in [0.2, 0.25) is 5.91 Å². The highest BCUT2D eigenvalue weighted by Gasteiger charge is 2.28. The fourth-order valence-electron chi connectivity index (χ4n) is 2.31. The van der Waals surface area contributed by atoms with Crippen molar-refractivity contribution in [1.29, 1.82) is 0 Å². The van der Waals surface area contributed by atoms with E-state index in [4.69, 9.17) is 4.42 Å². The molecule has 1 aromatic heterocycles. The first-order chi connectivity index (χ1) is 10.3. The van der Waals surface area contributed by atoms with Gasteiger partial charge in [-0.3, -0.25) is 4.79 Å². The van der Waals surface area contributed by atoms with E-state index >= 15 is 0 Å². The van der Waals surface area contributed by atoms with Gasteiger partial charge in [-0.2, -0.15) is 0 Å². The second kappa shape index (κ2) is 6.36. The molecule has 0 saturated heterocycles. The van der Waals surface area contributed by atoms with Gasteiger partial charge in [0.25, 0.3) is 0 Å². The molecule has 1 aromatic carbocycles. The van der Waals surface area contributed by atoms with Gasteiger partial charge >= 0.3 is 0 Å². The predicted octanol–water partition coefficient (Wildman–Crippen LogP) is 3.02. The Kier molecular flexibility index (Phi) is 4.71. The van der Waals surface area contributed by atoms with Crippen LogP contribution in [0.25, 0.3) is 0 Å². The number of hydrogen-bond acceptors (Lipinski definition) is 3. The second-order valence-electron chi connectivity index (χ2n) is 6.04. The molecule has 0 radical (unpaired) electrons. The van der Waals surface area contributed by atoms with Gasteiger partial charge in [0, 0.05) is 0 Å². The van der Waals surface area contributed by atoms with Gasteiger partial charge in [-0.15, -0.1) is 0 Å². The molecule has 0 aliphatic rings. The number of benzene rings is 1. The van der Waals surface area contributed by atoms with Crippen LogP contribution >= 0.6 is 0 Å². The van der Waals surface area contributed by atoms with E-state index in [-0.39, 0.29) is 18.4 Å². The van der Waals surface area contributed by atoms with Crippen LogP contribution in [0, 0.1) is 13.8 Å². The third-order valence-electron chi connectivity index (χ3n) is 3.81. The van der Waals surface area contributed by atoms with Gasteiger partial charge in [0.05, 0.1) is 12.5 Å². The zero-order chi connectivity index (χ0) is 16.3. The molecule has 2 rings (SSSR count). The van der Waals surface area contributed by atoms with E-state index in [1.54, 1.807) is 19.1 Å². The molecule has 4 heteroatoms. The van der Waals surface area contributed by atoms with Crippen LogP contribution in [0.1, 0.15) is 42.4 Å². The number of nitrogens with one attached hydrogen (secondary N) is 1. The molecule has 22 heavy (non-hydrogen) atoms. The minimum Gasteiger partial charge on any atom is -0.463 e.